The van der Waals surface area contributed by atoms with Crippen LogP contribution in [-0.2, 0) is 12.8 Å². The number of carbonyl (C=O) groups is 1. The number of hydrogen-bond acceptors (Lipinski definition) is 6. The molecule has 0 spiro atoms. The van der Waals surface area contributed by atoms with E-state index in [-0.39, 0.29) is 5.91 Å². The van der Waals surface area contributed by atoms with Gasteiger partial charge in [-0.05, 0) is 49.5 Å². The highest BCUT2D eigenvalue weighted by Crippen LogP contribution is 2.32. The van der Waals surface area contributed by atoms with Crippen molar-refractivity contribution in [2.24, 2.45) is 11.8 Å². The SMILES string of the molecule is C[C@@H]1C[C@H](C)CN(c2nnc(NC(=O)c3csc4c3CCCC4)s2)C1. The Hall–Kier alpha value is -1.47. The van der Waals surface area contributed by atoms with Gasteiger partial charge in [0.1, 0.15) is 0 Å². The van der Waals surface area contributed by atoms with Gasteiger partial charge in [0.05, 0.1) is 5.56 Å². The molecule has 1 N–H and O–H groups in total. The minimum atomic E-state index is -0.0394. The van der Waals surface area contributed by atoms with Crippen LogP contribution >= 0.6 is 22.7 Å². The number of carbonyl (C=O) groups excluding carboxylic acids is 1. The molecule has 2 aromatic rings. The second-order valence-corrected chi connectivity index (χ2v) is 9.37. The van der Waals surface area contributed by atoms with Crippen LogP contribution < -0.4 is 10.2 Å². The molecule has 5 nitrogen and oxygen atoms in total. The van der Waals surface area contributed by atoms with Gasteiger partial charge in [-0.2, -0.15) is 0 Å². The summed E-state index contributed by atoms with van der Waals surface area (Å²) in [7, 11) is 0. The molecule has 2 atom stereocenters. The number of thiophene rings is 1. The van der Waals surface area contributed by atoms with E-state index in [1.54, 1.807) is 11.3 Å². The van der Waals surface area contributed by atoms with Gasteiger partial charge in [-0.3, -0.25) is 10.1 Å². The fraction of sp³-hybridized carbons (Fsp3) is 0.611. The Bertz CT molecular complexity index is 759. The maximum absolute atomic E-state index is 12.7. The van der Waals surface area contributed by atoms with E-state index in [2.05, 4.69) is 34.3 Å². The van der Waals surface area contributed by atoms with Crippen molar-refractivity contribution in [3.63, 3.8) is 0 Å². The Morgan fingerprint density at radius 3 is 2.76 bits per heavy atom. The van der Waals surface area contributed by atoms with Crippen molar-refractivity contribution >= 4 is 38.8 Å². The number of hydrogen-bond donors (Lipinski definition) is 1. The van der Waals surface area contributed by atoms with Crippen LogP contribution in [-0.4, -0.2) is 29.2 Å². The number of aryl methyl sites for hydroxylation is 1. The molecule has 1 saturated heterocycles. The van der Waals surface area contributed by atoms with Crippen LogP contribution in [0.2, 0.25) is 0 Å². The highest BCUT2D eigenvalue weighted by atomic mass is 32.1. The number of nitrogens with zero attached hydrogens (tertiary/aromatic N) is 3. The fourth-order valence-corrected chi connectivity index (χ4v) is 5.95. The van der Waals surface area contributed by atoms with Crippen molar-refractivity contribution in [2.75, 3.05) is 23.3 Å². The molecule has 25 heavy (non-hydrogen) atoms. The van der Waals surface area contributed by atoms with Crippen molar-refractivity contribution in [1.82, 2.24) is 10.2 Å². The van der Waals surface area contributed by atoms with Gasteiger partial charge in [-0.1, -0.05) is 25.2 Å². The van der Waals surface area contributed by atoms with E-state index in [1.807, 2.05) is 5.38 Å². The molecule has 0 aromatic carbocycles. The zero-order valence-corrected chi connectivity index (χ0v) is 16.4. The van der Waals surface area contributed by atoms with Gasteiger partial charge in [0, 0.05) is 23.3 Å². The quantitative estimate of drug-likeness (QED) is 0.872. The van der Waals surface area contributed by atoms with Gasteiger partial charge in [0.2, 0.25) is 10.3 Å². The number of amides is 1. The number of fused-ring (bicyclic) bond motifs is 1. The van der Waals surface area contributed by atoms with Crippen LogP contribution in [0.25, 0.3) is 0 Å². The summed E-state index contributed by atoms with van der Waals surface area (Å²) in [5, 5.41) is 15.0. The van der Waals surface area contributed by atoms with E-state index >= 15 is 0 Å². The van der Waals surface area contributed by atoms with Crippen molar-refractivity contribution < 1.29 is 4.79 Å². The predicted molar refractivity (Wildman–Crippen MR) is 104 cm³/mol. The second-order valence-electron chi connectivity index (χ2n) is 7.45. The number of rotatable bonds is 3. The Morgan fingerprint density at radius 2 is 1.96 bits per heavy atom. The zero-order chi connectivity index (χ0) is 17.4. The van der Waals surface area contributed by atoms with Crippen LogP contribution in [0.15, 0.2) is 5.38 Å². The summed E-state index contributed by atoms with van der Waals surface area (Å²) in [5.74, 6) is 1.30. The summed E-state index contributed by atoms with van der Waals surface area (Å²) in [6, 6.07) is 0. The maximum Gasteiger partial charge on any atom is 0.258 e. The van der Waals surface area contributed by atoms with E-state index < -0.39 is 0 Å². The minimum Gasteiger partial charge on any atom is -0.346 e. The number of nitrogens with one attached hydrogen (secondary N) is 1. The first-order chi connectivity index (χ1) is 12.1. The van der Waals surface area contributed by atoms with Gasteiger partial charge in [0.15, 0.2) is 0 Å². The Labute approximate surface area is 156 Å². The third-order valence-corrected chi connectivity index (χ3v) is 7.07. The number of piperidine rings is 1. The Morgan fingerprint density at radius 1 is 1.20 bits per heavy atom. The molecule has 1 fully saturated rings. The summed E-state index contributed by atoms with van der Waals surface area (Å²) in [4.78, 5) is 16.3. The molecule has 1 aliphatic heterocycles. The summed E-state index contributed by atoms with van der Waals surface area (Å²) in [5.41, 5.74) is 2.08. The van der Waals surface area contributed by atoms with E-state index in [4.69, 9.17) is 0 Å². The smallest absolute Gasteiger partial charge is 0.258 e. The first-order valence-corrected chi connectivity index (χ1v) is 10.8. The lowest BCUT2D eigenvalue weighted by molar-refractivity contribution is 0.102. The zero-order valence-electron chi connectivity index (χ0n) is 14.7. The standard InChI is InChI=1S/C18H24N4OS2/c1-11-7-12(2)9-22(8-11)18-21-20-17(25-18)19-16(23)14-10-24-15-6-4-3-5-13(14)15/h10-12H,3-9H2,1-2H3,(H,19,20,23)/t11-,12+. The molecule has 1 aliphatic carbocycles. The number of aromatic nitrogens is 2. The third-order valence-electron chi connectivity index (χ3n) is 5.08. The lowest BCUT2D eigenvalue weighted by Crippen LogP contribution is -2.38. The summed E-state index contributed by atoms with van der Waals surface area (Å²) < 4.78 is 0. The van der Waals surface area contributed by atoms with Crippen LogP contribution in [0.1, 0.15) is 53.9 Å². The van der Waals surface area contributed by atoms with Crippen LogP contribution in [0.5, 0.6) is 0 Å². The summed E-state index contributed by atoms with van der Waals surface area (Å²) >= 11 is 3.20. The van der Waals surface area contributed by atoms with E-state index in [9.17, 15) is 4.79 Å². The molecule has 7 heteroatoms. The third kappa shape index (κ3) is 3.58. The molecule has 0 unspecified atom stereocenters. The monoisotopic (exact) mass is 376 g/mol. The Kier molecular flexibility index (Phi) is 4.78. The predicted octanol–water partition coefficient (Wildman–Crippen LogP) is 4.21. The van der Waals surface area contributed by atoms with Crippen LogP contribution in [0.3, 0.4) is 0 Å². The lowest BCUT2D eigenvalue weighted by atomic mass is 9.92. The lowest BCUT2D eigenvalue weighted by Gasteiger charge is -2.34. The van der Waals surface area contributed by atoms with E-state index in [1.165, 1.54) is 41.0 Å². The van der Waals surface area contributed by atoms with Gasteiger partial charge in [0.25, 0.3) is 5.91 Å². The molecule has 134 valence electrons. The Balaban J connectivity index is 1.46. The molecule has 1 amide bonds. The number of anilines is 2. The van der Waals surface area contributed by atoms with Crippen molar-refractivity contribution in [3.05, 3.63) is 21.4 Å². The topological polar surface area (TPSA) is 58.1 Å². The molecule has 3 heterocycles. The van der Waals surface area contributed by atoms with Crippen molar-refractivity contribution in [3.8, 4) is 0 Å². The molecular formula is C18H24N4OS2. The normalized spacial score (nSPS) is 23.4. The summed E-state index contributed by atoms with van der Waals surface area (Å²) in [6.07, 6.45) is 5.82. The highest BCUT2D eigenvalue weighted by Gasteiger charge is 2.25. The van der Waals surface area contributed by atoms with Gasteiger partial charge in [-0.15, -0.1) is 21.5 Å². The first-order valence-electron chi connectivity index (χ1n) is 9.09. The van der Waals surface area contributed by atoms with Crippen molar-refractivity contribution in [1.29, 1.82) is 0 Å². The molecule has 0 saturated carbocycles. The van der Waals surface area contributed by atoms with E-state index in [0.29, 0.717) is 17.0 Å². The second kappa shape index (κ2) is 7.03. The first kappa shape index (κ1) is 17.0. The molecule has 2 aliphatic rings. The average Bonchev–Trinajstić information content (AvgIpc) is 3.20. The summed E-state index contributed by atoms with van der Waals surface area (Å²) in [6.45, 7) is 6.61. The highest BCUT2D eigenvalue weighted by molar-refractivity contribution is 7.19. The fourth-order valence-electron chi connectivity index (χ4n) is 4.06. The van der Waals surface area contributed by atoms with Gasteiger partial charge >= 0.3 is 0 Å². The molecule has 0 radical (unpaired) electrons. The largest absolute Gasteiger partial charge is 0.346 e. The van der Waals surface area contributed by atoms with Gasteiger partial charge in [-0.25, -0.2) is 0 Å². The van der Waals surface area contributed by atoms with Crippen molar-refractivity contribution in [2.45, 2.75) is 46.0 Å². The van der Waals surface area contributed by atoms with E-state index in [0.717, 1.165) is 36.6 Å². The van der Waals surface area contributed by atoms with Crippen LogP contribution in [0, 0.1) is 11.8 Å². The minimum absolute atomic E-state index is 0.0394. The van der Waals surface area contributed by atoms with Gasteiger partial charge < -0.3 is 4.90 Å². The average molecular weight is 377 g/mol. The molecular weight excluding hydrogens is 352 g/mol. The van der Waals surface area contributed by atoms with Crippen LogP contribution in [0.4, 0.5) is 10.3 Å². The molecule has 2 aromatic heterocycles. The molecule has 0 bridgehead atoms. The maximum atomic E-state index is 12.7. The molecule has 4 rings (SSSR count).